The zero-order chi connectivity index (χ0) is 17.4. The van der Waals surface area contributed by atoms with Gasteiger partial charge in [-0.1, -0.05) is 40.9 Å². The summed E-state index contributed by atoms with van der Waals surface area (Å²) < 4.78 is 67.3. The van der Waals surface area contributed by atoms with Gasteiger partial charge in [-0.3, -0.25) is 0 Å². The van der Waals surface area contributed by atoms with Crippen molar-refractivity contribution in [1.29, 1.82) is 0 Å². The van der Waals surface area contributed by atoms with E-state index in [1.807, 2.05) is 0 Å². The van der Waals surface area contributed by atoms with Crippen LogP contribution in [0.2, 0.25) is 15.1 Å². The smallest absolute Gasteiger partial charge is 0.419 e. The second-order valence-electron chi connectivity index (χ2n) is 4.33. The van der Waals surface area contributed by atoms with E-state index in [2.05, 4.69) is 4.74 Å². The van der Waals surface area contributed by atoms with E-state index < -0.39 is 24.1 Å². The molecule has 0 aliphatic heterocycles. The van der Waals surface area contributed by atoms with Gasteiger partial charge in [-0.2, -0.15) is 22.0 Å². The predicted molar refractivity (Wildman–Crippen MR) is 78.5 cm³/mol. The second kappa shape index (κ2) is 6.71. The molecule has 0 radical (unpaired) electrons. The summed E-state index contributed by atoms with van der Waals surface area (Å²) in [6.45, 7) is -3.41. The van der Waals surface area contributed by atoms with Crippen LogP contribution >= 0.6 is 34.8 Å². The predicted octanol–water partition coefficient (Wildman–Crippen LogP) is 6.93. The maximum Gasteiger partial charge on any atom is 0.419 e. The molecule has 0 aliphatic carbocycles. The van der Waals surface area contributed by atoms with Gasteiger partial charge in [-0.15, -0.1) is 0 Å². The van der Waals surface area contributed by atoms with Gasteiger partial charge in [0, 0.05) is 10.6 Å². The number of hydrogen-bond acceptors (Lipinski definition) is 1. The lowest BCUT2D eigenvalue weighted by Gasteiger charge is -2.16. The lowest BCUT2D eigenvalue weighted by Crippen LogP contribution is -2.11. The molecule has 0 aliphatic rings. The summed E-state index contributed by atoms with van der Waals surface area (Å²) >= 11 is 17.7. The highest BCUT2D eigenvalue weighted by molar-refractivity contribution is 6.41. The maximum atomic E-state index is 12.8. The van der Waals surface area contributed by atoms with Crippen molar-refractivity contribution >= 4 is 34.8 Å². The van der Waals surface area contributed by atoms with Crippen molar-refractivity contribution in [3.63, 3.8) is 0 Å². The molecule has 0 saturated heterocycles. The van der Waals surface area contributed by atoms with E-state index >= 15 is 0 Å². The summed E-state index contributed by atoms with van der Waals surface area (Å²) in [7, 11) is 0. The van der Waals surface area contributed by atoms with E-state index in [4.69, 9.17) is 34.8 Å². The highest BCUT2D eigenvalue weighted by Gasteiger charge is 2.35. The SMILES string of the molecule is FC(F)Oc1cc(-c2c(Cl)cc(Cl)cc2Cl)ccc1C(F)(F)F. The third kappa shape index (κ3) is 4.19. The fraction of sp³-hybridized carbons (Fsp3) is 0.143. The molecule has 9 heteroatoms. The largest absolute Gasteiger partial charge is 0.434 e. The standard InChI is InChI=1S/C14H6Cl3F5O/c15-7-4-9(16)12(10(17)5-7)6-1-2-8(14(20,21)22)11(3-6)23-13(18)19/h1-5,13H. The van der Waals surface area contributed by atoms with E-state index in [1.165, 1.54) is 12.1 Å². The summed E-state index contributed by atoms with van der Waals surface area (Å²) in [4.78, 5) is 0. The molecular formula is C14H6Cl3F5O. The minimum atomic E-state index is -4.85. The molecule has 1 nitrogen and oxygen atoms in total. The Labute approximate surface area is 142 Å². The van der Waals surface area contributed by atoms with Gasteiger partial charge in [0.15, 0.2) is 0 Å². The molecule has 0 saturated carbocycles. The first-order valence-electron chi connectivity index (χ1n) is 5.90. The molecule has 124 valence electrons. The fourth-order valence-electron chi connectivity index (χ4n) is 1.92. The Morgan fingerprint density at radius 3 is 1.96 bits per heavy atom. The van der Waals surface area contributed by atoms with Gasteiger partial charge in [0.05, 0.1) is 15.6 Å². The molecule has 0 heterocycles. The average molecular weight is 392 g/mol. The number of hydrogen-bond donors (Lipinski definition) is 0. The second-order valence-corrected chi connectivity index (χ2v) is 5.58. The molecule has 2 aromatic rings. The van der Waals surface area contributed by atoms with Crippen LogP contribution in [0.1, 0.15) is 5.56 Å². The molecule has 0 unspecified atom stereocenters. The van der Waals surface area contributed by atoms with Gasteiger partial charge in [0.1, 0.15) is 5.75 Å². The monoisotopic (exact) mass is 390 g/mol. The number of alkyl halides is 5. The Kier molecular flexibility index (Phi) is 5.28. The Morgan fingerprint density at radius 2 is 1.48 bits per heavy atom. The summed E-state index contributed by atoms with van der Waals surface area (Å²) in [6.07, 6.45) is -4.85. The topological polar surface area (TPSA) is 9.23 Å². The van der Waals surface area contributed by atoms with Crippen molar-refractivity contribution in [2.45, 2.75) is 12.8 Å². The molecule has 2 aromatic carbocycles. The number of halogens is 8. The molecular weight excluding hydrogens is 386 g/mol. The lowest BCUT2D eigenvalue weighted by atomic mass is 10.0. The number of ether oxygens (including phenoxy) is 1. The summed E-state index contributed by atoms with van der Waals surface area (Å²) in [6, 6.07) is 5.14. The van der Waals surface area contributed by atoms with E-state index in [-0.39, 0.29) is 26.2 Å². The quantitative estimate of drug-likeness (QED) is 0.515. The molecule has 0 amide bonds. The van der Waals surface area contributed by atoms with Crippen LogP contribution in [0.15, 0.2) is 30.3 Å². The van der Waals surface area contributed by atoms with Crippen LogP contribution in [0.5, 0.6) is 5.75 Å². The van der Waals surface area contributed by atoms with Crippen molar-refractivity contribution in [3.8, 4) is 16.9 Å². The highest BCUT2D eigenvalue weighted by Crippen LogP contribution is 2.42. The molecule has 2 rings (SSSR count). The Hall–Kier alpha value is -1.24. The van der Waals surface area contributed by atoms with Gasteiger partial charge in [-0.25, -0.2) is 0 Å². The third-order valence-corrected chi connectivity index (χ3v) is 3.61. The molecule has 0 N–H and O–H groups in total. The first-order valence-corrected chi connectivity index (χ1v) is 7.04. The summed E-state index contributed by atoms with van der Waals surface area (Å²) in [5.74, 6) is -1.02. The Balaban J connectivity index is 2.62. The van der Waals surface area contributed by atoms with Gasteiger partial charge in [-0.05, 0) is 29.8 Å². The zero-order valence-electron chi connectivity index (χ0n) is 10.9. The van der Waals surface area contributed by atoms with Crippen LogP contribution in [0.4, 0.5) is 22.0 Å². The molecule has 0 spiro atoms. The van der Waals surface area contributed by atoms with Crippen LogP contribution in [0, 0.1) is 0 Å². The van der Waals surface area contributed by atoms with E-state index in [1.54, 1.807) is 0 Å². The van der Waals surface area contributed by atoms with E-state index in [0.717, 1.165) is 12.1 Å². The number of benzene rings is 2. The molecule has 0 fully saturated rings. The maximum absolute atomic E-state index is 12.8. The van der Waals surface area contributed by atoms with Crippen molar-refractivity contribution < 1.29 is 26.7 Å². The Bertz CT molecular complexity index is 708. The van der Waals surface area contributed by atoms with Crippen molar-refractivity contribution in [2.24, 2.45) is 0 Å². The van der Waals surface area contributed by atoms with E-state index in [0.29, 0.717) is 6.07 Å². The van der Waals surface area contributed by atoms with Crippen molar-refractivity contribution in [2.75, 3.05) is 0 Å². The summed E-state index contributed by atoms with van der Waals surface area (Å²) in [5, 5.41) is 0.343. The zero-order valence-corrected chi connectivity index (χ0v) is 13.2. The van der Waals surface area contributed by atoms with Gasteiger partial charge < -0.3 is 4.74 Å². The summed E-state index contributed by atoms with van der Waals surface area (Å²) in [5.41, 5.74) is -1.09. The van der Waals surface area contributed by atoms with Crippen molar-refractivity contribution in [3.05, 3.63) is 51.0 Å². The third-order valence-electron chi connectivity index (χ3n) is 2.80. The van der Waals surface area contributed by atoms with Crippen LogP contribution in [-0.4, -0.2) is 6.61 Å². The number of rotatable bonds is 3. The van der Waals surface area contributed by atoms with E-state index in [9.17, 15) is 22.0 Å². The first kappa shape index (κ1) is 18.1. The van der Waals surface area contributed by atoms with Gasteiger partial charge >= 0.3 is 12.8 Å². The minimum absolute atomic E-state index is 0.0604. The van der Waals surface area contributed by atoms with Crippen LogP contribution < -0.4 is 4.74 Å². The Morgan fingerprint density at radius 1 is 0.913 bits per heavy atom. The highest BCUT2D eigenvalue weighted by atomic mass is 35.5. The van der Waals surface area contributed by atoms with Crippen LogP contribution in [0.25, 0.3) is 11.1 Å². The normalized spacial score (nSPS) is 11.9. The van der Waals surface area contributed by atoms with Gasteiger partial charge in [0.2, 0.25) is 0 Å². The molecule has 0 atom stereocenters. The molecule has 0 aromatic heterocycles. The van der Waals surface area contributed by atoms with Crippen LogP contribution in [0.3, 0.4) is 0 Å². The van der Waals surface area contributed by atoms with Crippen LogP contribution in [-0.2, 0) is 6.18 Å². The fourth-order valence-corrected chi connectivity index (χ4v) is 2.96. The van der Waals surface area contributed by atoms with Gasteiger partial charge in [0.25, 0.3) is 0 Å². The van der Waals surface area contributed by atoms with Crippen molar-refractivity contribution in [1.82, 2.24) is 0 Å². The first-order chi connectivity index (χ1) is 10.6. The average Bonchev–Trinajstić information content (AvgIpc) is 2.35. The molecule has 0 bridgehead atoms. The molecule has 23 heavy (non-hydrogen) atoms. The minimum Gasteiger partial charge on any atom is -0.434 e. The lowest BCUT2D eigenvalue weighted by molar-refractivity contribution is -0.141.